The number of fused-ring (bicyclic) bond motifs is 1. The van der Waals surface area contributed by atoms with Crippen LogP contribution in [-0.2, 0) is 0 Å². The van der Waals surface area contributed by atoms with Gasteiger partial charge in [-0.05, 0) is 37.1 Å². The van der Waals surface area contributed by atoms with Crippen LogP contribution in [-0.4, -0.2) is 25.8 Å². The second-order valence-electron chi connectivity index (χ2n) is 7.78. The Morgan fingerprint density at radius 2 is 1.81 bits per heavy atom. The Balaban J connectivity index is 1.38. The fourth-order valence-electron chi connectivity index (χ4n) is 4.36. The lowest BCUT2D eigenvalue weighted by Gasteiger charge is -2.23. The van der Waals surface area contributed by atoms with E-state index in [0.29, 0.717) is 18.0 Å². The fraction of sp³-hybridized carbons (Fsp3) is 0.550. The van der Waals surface area contributed by atoms with E-state index in [-0.39, 0.29) is 0 Å². The first-order valence-corrected chi connectivity index (χ1v) is 11.1. The summed E-state index contributed by atoms with van der Waals surface area (Å²) in [7, 11) is 0. The van der Waals surface area contributed by atoms with E-state index in [9.17, 15) is 0 Å². The van der Waals surface area contributed by atoms with Crippen LogP contribution >= 0.6 is 11.3 Å². The Hall–Kier alpha value is -2.15. The highest BCUT2D eigenvalue weighted by Gasteiger charge is 2.19. The molecule has 7 heteroatoms. The van der Waals surface area contributed by atoms with Gasteiger partial charge >= 0.3 is 0 Å². The number of anilines is 3. The SMILES string of the molecule is c1cc2nc(Nc3cnn(C4CCCC4)c3)nc(NC3CCCCC3)c2s1. The molecule has 0 bridgehead atoms. The summed E-state index contributed by atoms with van der Waals surface area (Å²) in [6, 6.07) is 3.14. The molecule has 0 saturated heterocycles. The van der Waals surface area contributed by atoms with E-state index in [2.05, 4.69) is 38.1 Å². The molecule has 0 atom stereocenters. The highest BCUT2D eigenvalue weighted by Crippen LogP contribution is 2.32. The van der Waals surface area contributed by atoms with Crippen molar-refractivity contribution in [1.29, 1.82) is 0 Å². The molecule has 2 fully saturated rings. The minimum absolute atomic E-state index is 0.525. The summed E-state index contributed by atoms with van der Waals surface area (Å²) in [5.74, 6) is 1.61. The van der Waals surface area contributed by atoms with Gasteiger partial charge in [0.2, 0.25) is 5.95 Å². The Kier molecular flexibility index (Phi) is 4.69. The van der Waals surface area contributed by atoms with E-state index in [1.165, 1.54) is 57.8 Å². The van der Waals surface area contributed by atoms with Gasteiger partial charge in [-0.15, -0.1) is 11.3 Å². The van der Waals surface area contributed by atoms with Crippen LogP contribution in [0.1, 0.15) is 63.8 Å². The van der Waals surface area contributed by atoms with Gasteiger partial charge in [0.25, 0.3) is 0 Å². The van der Waals surface area contributed by atoms with Crippen LogP contribution in [0, 0.1) is 0 Å². The summed E-state index contributed by atoms with van der Waals surface area (Å²) >= 11 is 1.71. The standard InChI is InChI=1S/C20H26N6S/c1-2-6-14(7-3-1)22-19-18-17(10-11-27-18)24-20(25-19)23-15-12-21-26(13-15)16-8-4-5-9-16/h10-14,16H,1-9H2,(H2,22,23,24,25). The topological polar surface area (TPSA) is 67.7 Å². The number of hydrogen-bond acceptors (Lipinski definition) is 6. The van der Waals surface area contributed by atoms with Crippen molar-refractivity contribution in [3.8, 4) is 0 Å². The molecule has 0 spiro atoms. The molecule has 2 aliphatic rings. The molecular weight excluding hydrogens is 356 g/mol. The highest BCUT2D eigenvalue weighted by molar-refractivity contribution is 7.17. The van der Waals surface area contributed by atoms with Crippen molar-refractivity contribution in [2.45, 2.75) is 69.9 Å². The van der Waals surface area contributed by atoms with Crippen LogP contribution in [0.5, 0.6) is 0 Å². The third-order valence-corrected chi connectivity index (χ3v) is 6.72. The quantitative estimate of drug-likeness (QED) is 0.610. The van der Waals surface area contributed by atoms with E-state index < -0.39 is 0 Å². The van der Waals surface area contributed by atoms with Crippen LogP contribution in [0.4, 0.5) is 17.5 Å². The van der Waals surface area contributed by atoms with E-state index in [1.807, 2.05) is 6.20 Å². The molecule has 3 aromatic heterocycles. The first-order valence-electron chi connectivity index (χ1n) is 10.2. The summed E-state index contributed by atoms with van der Waals surface area (Å²) < 4.78 is 3.24. The lowest BCUT2D eigenvalue weighted by Crippen LogP contribution is -2.23. The maximum Gasteiger partial charge on any atom is 0.229 e. The number of aromatic nitrogens is 4. The Morgan fingerprint density at radius 3 is 2.67 bits per heavy atom. The first-order chi connectivity index (χ1) is 13.3. The maximum absolute atomic E-state index is 4.81. The predicted molar refractivity (Wildman–Crippen MR) is 111 cm³/mol. The molecule has 0 aliphatic heterocycles. The lowest BCUT2D eigenvalue weighted by molar-refractivity contribution is 0.462. The number of nitrogens with zero attached hydrogens (tertiary/aromatic N) is 4. The predicted octanol–water partition coefficient (Wildman–Crippen LogP) is 5.49. The molecule has 2 saturated carbocycles. The zero-order valence-electron chi connectivity index (χ0n) is 15.5. The molecule has 5 rings (SSSR count). The molecule has 0 unspecified atom stereocenters. The minimum Gasteiger partial charge on any atom is -0.366 e. The van der Waals surface area contributed by atoms with Crippen molar-refractivity contribution in [2.75, 3.05) is 10.6 Å². The summed E-state index contributed by atoms with van der Waals surface area (Å²) in [4.78, 5) is 9.51. The summed E-state index contributed by atoms with van der Waals surface area (Å²) in [5.41, 5.74) is 1.96. The lowest BCUT2D eigenvalue weighted by atomic mass is 9.95. The van der Waals surface area contributed by atoms with Crippen molar-refractivity contribution in [3.63, 3.8) is 0 Å². The molecule has 27 heavy (non-hydrogen) atoms. The molecular formula is C20H26N6S. The van der Waals surface area contributed by atoms with Crippen molar-refractivity contribution in [2.24, 2.45) is 0 Å². The normalized spacial score (nSPS) is 19.0. The van der Waals surface area contributed by atoms with Crippen molar-refractivity contribution in [1.82, 2.24) is 19.7 Å². The van der Waals surface area contributed by atoms with Gasteiger partial charge in [-0.2, -0.15) is 10.1 Å². The number of rotatable bonds is 5. The Morgan fingerprint density at radius 1 is 1.00 bits per heavy atom. The molecule has 3 heterocycles. The van der Waals surface area contributed by atoms with Gasteiger partial charge in [0, 0.05) is 12.2 Å². The molecule has 2 aliphatic carbocycles. The molecule has 3 aromatic rings. The molecule has 0 amide bonds. The molecule has 142 valence electrons. The van der Waals surface area contributed by atoms with Gasteiger partial charge in [-0.3, -0.25) is 4.68 Å². The fourth-order valence-corrected chi connectivity index (χ4v) is 5.14. The van der Waals surface area contributed by atoms with Crippen LogP contribution < -0.4 is 10.6 Å². The summed E-state index contributed by atoms with van der Waals surface area (Å²) in [5, 5.41) is 13.7. The molecule has 0 radical (unpaired) electrons. The molecule has 0 aromatic carbocycles. The van der Waals surface area contributed by atoms with Gasteiger partial charge in [0.05, 0.1) is 28.1 Å². The maximum atomic E-state index is 4.81. The van der Waals surface area contributed by atoms with Crippen LogP contribution in [0.3, 0.4) is 0 Å². The summed E-state index contributed by atoms with van der Waals surface area (Å²) in [6.45, 7) is 0. The van der Waals surface area contributed by atoms with E-state index in [0.717, 1.165) is 21.7 Å². The summed E-state index contributed by atoms with van der Waals surface area (Å²) in [6.07, 6.45) is 15.5. The molecule has 2 N–H and O–H groups in total. The van der Waals surface area contributed by atoms with E-state index >= 15 is 0 Å². The van der Waals surface area contributed by atoms with Crippen LogP contribution in [0.15, 0.2) is 23.8 Å². The minimum atomic E-state index is 0.525. The second kappa shape index (κ2) is 7.46. The third kappa shape index (κ3) is 3.65. The van der Waals surface area contributed by atoms with Gasteiger partial charge in [-0.1, -0.05) is 32.1 Å². The highest BCUT2D eigenvalue weighted by atomic mass is 32.1. The van der Waals surface area contributed by atoms with Gasteiger partial charge in [0.15, 0.2) is 0 Å². The average molecular weight is 383 g/mol. The number of nitrogens with one attached hydrogen (secondary N) is 2. The zero-order valence-corrected chi connectivity index (χ0v) is 16.3. The van der Waals surface area contributed by atoms with Gasteiger partial charge in [-0.25, -0.2) is 4.98 Å². The molecule has 6 nitrogen and oxygen atoms in total. The monoisotopic (exact) mass is 382 g/mol. The van der Waals surface area contributed by atoms with Crippen molar-refractivity contribution in [3.05, 3.63) is 23.8 Å². The first kappa shape index (κ1) is 17.0. The van der Waals surface area contributed by atoms with E-state index in [4.69, 9.17) is 9.97 Å². The largest absolute Gasteiger partial charge is 0.366 e. The van der Waals surface area contributed by atoms with Gasteiger partial charge < -0.3 is 10.6 Å². The third-order valence-electron chi connectivity index (χ3n) is 5.81. The second-order valence-corrected chi connectivity index (χ2v) is 8.70. The van der Waals surface area contributed by atoms with Crippen LogP contribution in [0.25, 0.3) is 10.2 Å². The number of hydrogen-bond donors (Lipinski definition) is 2. The smallest absolute Gasteiger partial charge is 0.229 e. The Labute approximate surface area is 163 Å². The van der Waals surface area contributed by atoms with Crippen LogP contribution in [0.2, 0.25) is 0 Å². The zero-order chi connectivity index (χ0) is 18.1. The van der Waals surface area contributed by atoms with E-state index in [1.54, 1.807) is 11.3 Å². The average Bonchev–Trinajstić information content (AvgIpc) is 3.44. The van der Waals surface area contributed by atoms with Crippen molar-refractivity contribution < 1.29 is 0 Å². The van der Waals surface area contributed by atoms with Crippen molar-refractivity contribution >= 4 is 39.0 Å². The van der Waals surface area contributed by atoms with Gasteiger partial charge in [0.1, 0.15) is 5.82 Å². The Bertz CT molecular complexity index is 904. The number of thiophene rings is 1.